The van der Waals surface area contributed by atoms with E-state index in [4.69, 9.17) is 4.99 Å². The highest BCUT2D eigenvalue weighted by molar-refractivity contribution is 14.0. The van der Waals surface area contributed by atoms with Crippen molar-refractivity contribution in [1.29, 1.82) is 0 Å². The molecular formula is C21H32IN5. The van der Waals surface area contributed by atoms with Crippen molar-refractivity contribution < 1.29 is 0 Å². The normalized spacial score (nSPS) is 18.2. The number of aryl methyl sites for hydroxylation is 2. The van der Waals surface area contributed by atoms with Gasteiger partial charge in [-0.1, -0.05) is 12.1 Å². The predicted molar refractivity (Wildman–Crippen MR) is 123 cm³/mol. The van der Waals surface area contributed by atoms with Crippen molar-refractivity contribution in [2.75, 3.05) is 19.6 Å². The van der Waals surface area contributed by atoms with Crippen LogP contribution in [0.4, 0.5) is 0 Å². The van der Waals surface area contributed by atoms with Gasteiger partial charge >= 0.3 is 0 Å². The molecule has 0 amide bonds. The molecule has 1 aromatic heterocycles. The van der Waals surface area contributed by atoms with Crippen LogP contribution in [0.1, 0.15) is 44.9 Å². The number of hydrogen-bond donors (Lipinski definition) is 2. The van der Waals surface area contributed by atoms with Crippen molar-refractivity contribution in [2.24, 2.45) is 16.3 Å². The maximum atomic E-state index is 4.89. The molecule has 2 aromatic rings. The van der Waals surface area contributed by atoms with Gasteiger partial charge in [0.25, 0.3) is 0 Å². The van der Waals surface area contributed by atoms with Crippen molar-refractivity contribution in [1.82, 2.24) is 20.2 Å². The number of benzene rings is 1. The monoisotopic (exact) mass is 481 g/mol. The Labute approximate surface area is 179 Å². The van der Waals surface area contributed by atoms with Crippen LogP contribution in [0.2, 0.25) is 0 Å². The zero-order valence-corrected chi connectivity index (χ0v) is 18.8. The number of guanidine groups is 1. The average molecular weight is 481 g/mol. The molecule has 1 aromatic carbocycles. The fourth-order valence-corrected chi connectivity index (χ4v) is 4.05. The molecule has 5 nitrogen and oxygen atoms in total. The lowest BCUT2D eigenvalue weighted by Gasteiger charge is -2.15. The SMILES string of the molecule is CCNC(=NCC1(C2CC2)CC1)NCCCn1c(C)nc2ccccc21.I. The van der Waals surface area contributed by atoms with E-state index < -0.39 is 0 Å². The molecular weight excluding hydrogens is 449 g/mol. The molecule has 0 bridgehead atoms. The summed E-state index contributed by atoms with van der Waals surface area (Å²) in [7, 11) is 0. The highest BCUT2D eigenvalue weighted by Gasteiger charge is 2.53. The first-order chi connectivity index (χ1) is 12.7. The van der Waals surface area contributed by atoms with Gasteiger partial charge in [0.2, 0.25) is 0 Å². The van der Waals surface area contributed by atoms with Gasteiger partial charge in [0.05, 0.1) is 11.0 Å². The Morgan fingerprint density at radius 3 is 2.74 bits per heavy atom. The van der Waals surface area contributed by atoms with E-state index in [0.29, 0.717) is 5.41 Å². The maximum absolute atomic E-state index is 4.89. The van der Waals surface area contributed by atoms with E-state index in [0.717, 1.165) is 55.8 Å². The molecule has 6 heteroatoms. The van der Waals surface area contributed by atoms with Gasteiger partial charge in [0, 0.05) is 26.2 Å². The summed E-state index contributed by atoms with van der Waals surface area (Å²) in [5.41, 5.74) is 2.88. The second-order valence-electron chi connectivity index (χ2n) is 7.91. The van der Waals surface area contributed by atoms with Crippen LogP contribution in [0.25, 0.3) is 11.0 Å². The molecule has 27 heavy (non-hydrogen) atoms. The smallest absolute Gasteiger partial charge is 0.191 e. The topological polar surface area (TPSA) is 54.2 Å². The van der Waals surface area contributed by atoms with Gasteiger partial charge in [0.1, 0.15) is 5.82 Å². The number of aliphatic imine (C=N–C) groups is 1. The Morgan fingerprint density at radius 1 is 1.26 bits per heavy atom. The predicted octanol–water partition coefficient (Wildman–Crippen LogP) is 4.10. The fourth-order valence-electron chi connectivity index (χ4n) is 4.05. The van der Waals surface area contributed by atoms with Crippen LogP contribution in [0.5, 0.6) is 0 Å². The van der Waals surface area contributed by atoms with E-state index in [2.05, 4.69) is 52.2 Å². The van der Waals surface area contributed by atoms with Crippen LogP contribution in [0, 0.1) is 18.3 Å². The number of imidazole rings is 1. The number of hydrogen-bond acceptors (Lipinski definition) is 2. The molecule has 148 valence electrons. The van der Waals surface area contributed by atoms with E-state index >= 15 is 0 Å². The summed E-state index contributed by atoms with van der Waals surface area (Å²) in [6, 6.07) is 8.37. The first-order valence-electron chi connectivity index (χ1n) is 10.2. The van der Waals surface area contributed by atoms with E-state index in [1.54, 1.807) is 0 Å². The van der Waals surface area contributed by atoms with Crippen LogP contribution in [0.15, 0.2) is 29.3 Å². The zero-order chi connectivity index (χ0) is 18.0. The van der Waals surface area contributed by atoms with Crippen LogP contribution in [-0.2, 0) is 6.54 Å². The standard InChI is InChI=1S/C21H31N5.HI/c1-3-22-20(24-15-21(11-12-21)17-9-10-17)23-13-6-14-26-16(2)25-18-7-4-5-8-19(18)26;/h4-5,7-8,17H,3,6,9-15H2,1-2H3,(H2,22,23,24);1H. The molecule has 2 saturated carbocycles. The summed E-state index contributed by atoms with van der Waals surface area (Å²) in [4.78, 5) is 9.53. The van der Waals surface area contributed by atoms with Gasteiger partial charge in [-0.2, -0.15) is 0 Å². The molecule has 0 radical (unpaired) electrons. The first kappa shape index (κ1) is 20.4. The summed E-state index contributed by atoms with van der Waals surface area (Å²) >= 11 is 0. The van der Waals surface area contributed by atoms with E-state index in [1.807, 2.05) is 6.07 Å². The van der Waals surface area contributed by atoms with Gasteiger partial charge < -0.3 is 15.2 Å². The van der Waals surface area contributed by atoms with Crippen molar-refractivity contribution in [3.63, 3.8) is 0 Å². The summed E-state index contributed by atoms with van der Waals surface area (Å²) in [5, 5.41) is 6.91. The largest absolute Gasteiger partial charge is 0.357 e. The van der Waals surface area contributed by atoms with Crippen molar-refractivity contribution in [3.05, 3.63) is 30.1 Å². The lowest BCUT2D eigenvalue weighted by Crippen LogP contribution is -2.38. The third-order valence-corrected chi connectivity index (χ3v) is 5.93. The number of para-hydroxylation sites is 2. The Bertz CT molecular complexity index is 789. The summed E-state index contributed by atoms with van der Waals surface area (Å²) in [5.74, 6) is 3.03. The fraction of sp³-hybridized carbons (Fsp3) is 0.619. The van der Waals surface area contributed by atoms with Gasteiger partial charge in [-0.15, -0.1) is 24.0 Å². The maximum Gasteiger partial charge on any atom is 0.191 e. The number of rotatable bonds is 8. The number of aromatic nitrogens is 2. The second-order valence-corrected chi connectivity index (χ2v) is 7.91. The molecule has 0 spiro atoms. The van der Waals surface area contributed by atoms with Gasteiger partial charge in [-0.3, -0.25) is 4.99 Å². The van der Waals surface area contributed by atoms with E-state index in [1.165, 1.54) is 31.2 Å². The Morgan fingerprint density at radius 2 is 2.04 bits per heavy atom. The molecule has 0 atom stereocenters. The van der Waals surface area contributed by atoms with Crippen LogP contribution in [0.3, 0.4) is 0 Å². The minimum atomic E-state index is 0. The molecule has 4 rings (SSSR count). The first-order valence-corrected chi connectivity index (χ1v) is 10.2. The average Bonchev–Trinajstić information content (AvgIpc) is 3.54. The number of halogens is 1. The van der Waals surface area contributed by atoms with Crippen LogP contribution < -0.4 is 10.6 Å². The highest BCUT2D eigenvalue weighted by Crippen LogP contribution is 2.61. The molecule has 2 aliphatic rings. The summed E-state index contributed by atoms with van der Waals surface area (Å²) < 4.78 is 2.31. The van der Waals surface area contributed by atoms with Crippen molar-refractivity contribution >= 4 is 41.0 Å². The lowest BCUT2D eigenvalue weighted by molar-refractivity contribution is 0.452. The molecule has 2 N–H and O–H groups in total. The summed E-state index contributed by atoms with van der Waals surface area (Å²) in [6.07, 6.45) is 6.68. The zero-order valence-electron chi connectivity index (χ0n) is 16.5. The molecule has 2 aliphatic carbocycles. The van der Waals surface area contributed by atoms with Crippen molar-refractivity contribution in [3.8, 4) is 0 Å². The molecule has 0 saturated heterocycles. The lowest BCUT2D eigenvalue weighted by atomic mass is 10.0. The molecule has 0 aliphatic heterocycles. The minimum absolute atomic E-state index is 0. The third-order valence-electron chi connectivity index (χ3n) is 5.93. The van der Waals surface area contributed by atoms with Gasteiger partial charge in [-0.05, 0) is 69.4 Å². The minimum Gasteiger partial charge on any atom is -0.357 e. The quantitative estimate of drug-likeness (QED) is 0.259. The molecule has 0 unspecified atom stereocenters. The van der Waals surface area contributed by atoms with Gasteiger partial charge in [0.15, 0.2) is 5.96 Å². The summed E-state index contributed by atoms with van der Waals surface area (Å²) in [6.45, 7) is 8.03. The van der Waals surface area contributed by atoms with E-state index in [-0.39, 0.29) is 24.0 Å². The van der Waals surface area contributed by atoms with Crippen LogP contribution in [-0.4, -0.2) is 35.1 Å². The van der Waals surface area contributed by atoms with Gasteiger partial charge in [-0.25, -0.2) is 4.98 Å². The van der Waals surface area contributed by atoms with E-state index in [9.17, 15) is 0 Å². The number of nitrogens with one attached hydrogen (secondary N) is 2. The van der Waals surface area contributed by atoms with Crippen molar-refractivity contribution in [2.45, 2.75) is 52.5 Å². The van der Waals surface area contributed by atoms with Crippen LogP contribution >= 0.6 is 24.0 Å². The molecule has 1 heterocycles. The Hall–Kier alpha value is -1.31. The highest BCUT2D eigenvalue weighted by atomic mass is 127. The second kappa shape index (κ2) is 8.80. The number of nitrogens with zero attached hydrogens (tertiary/aromatic N) is 3. The Kier molecular flexibility index (Phi) is 6.65. The molecule has 2 fully saturated rings. The third kappa shape index (κ3) is 4.76. The number of fused-ring (bicyclic) bond motifs is 1. The Balaban J connectivity index is 0.00000210.